The third-order valence-corrected chi connectivity index (χ3v) is 3.22. The first-order valence-electron chi connectivity index (χ1n) is 4.94. The molecule has 0 unspecified atom stereocenters. The number of aromatic nitrogens is 1. The normalized spacial score (nSPS) is 10.9. The molecule has 10 heteroatoms. The first-order chi connectivity index (χ1) is 9.01. The smallest absolute Gasteiger partial charge is 0.274 e. The first kappa shape index (κ1) is 15.2. The zero-order valence-electron chi connectivity index (χ0n) is 9.46. The minimum Gasteiger partial charge on any atom is -0.360 e. The molecule has 19 heavy (non-hydrogen) atoms. The molecule has 0 saturated carbocycles. The highest BCUT2D eigenvalue weighted by atomic mass is 79.9. The van der Waals surface area contributed by atoms with Gasteiger partial charge in [0.1, 0.15) is 6.29 Å². The van der Waals surface area contributed by atoms with Crippen LogP contribution in [-0.2, 0) is 16.0 Å². The Morgan fingerprint density at radius 3 is 2.89 bits per heavy atom. The highest BCUT2D eigenvalue weighted by Crippen LogP contribution is 2.18. The topological polar surface area (TPSA) is 114 Å². The van der Waals surface area contributed by atoms with Gasteiger partial charge in [-0.05, 0) is 15.9 Å². The summed E-state index contributed by atoms with van der Waals surface area (Å²) in [6.45, 7) is -0.133. The summed E-state index contributed by atoms with van der Waals surface area (Å²) < 4.78 is 0.649. The molecule has 102 valence electrons. The Kier molecular flexibility index (Phi) is 6.09. The van der Waals surface area contributed by atoms with Gasteiger partial charge in [-0.1, -0.05) is 0 Å². The van der Waals surface area contributed by atoms with Gasteiger partial charge in [-0.3, -0.25) is 14.9 Å². The van der Waals surface area contributed by atoms with Gasteiger partial charge in [0.05, 0.1) is 17.9 Å². The van der Waals surface area contributed by atoms with Crippen molar-refractivity contribution in [3.05, 3.63) is 37.1 Å². The van der Waals surface area contributed by atoms with E-state index in [1.807, 2.05) is 0 Å². The number of nitrogens with one attached hydrogen (secondary N) is 2. The Labute approximate surface area is 120 Å². The lowest BCUT2D eigenvalue weighted by Gasteiger charge is -2.07. The summed E-state index contributed by atoms with van der Waals surface area (Å²) >= 11 is 4.45. The molecule has 1 aromatic heterocycles. The van der Waals surface area contributed by atoms with Crippen LogP contribution in [-0.4, -0.2) is 28.6 Å². The van der Waals surface area contributed by atoms with Crippen molar-refractivity contribution in [3.8, 4) is 0 Å². The molecule has 0 aromatic carbocycles. The van der Waals surface area contributed by atoms with Crippen LogP contribution in [0.25, 0.3) is 0 Å². The van der Waals surface area contributed by atoms with Crippen molar-refractivity contribution in [2.75, 3.05) is 6.54 Å². The zero-order chi connectivity index (χ0) is 14.3. The van der Waals surface area contributed by atoms with E-state index in [1.54, 1.807) is 0 Å². The number of nitro groups is 1. The third-order valence-electron chi connectivity index (χ3n) is 1.74. The molecule has 8 nitrogen and oxygen atoms in total. The fourth-order valence-corrected chi connectivity index (χ4v) is 2.45. The number of nitrogens with zero attached hydrogens (tertiary/aromatic N) is 2. The number of halogens is 1. The molecule has 0 fully saturated rings. The molecule has 0 aliphatic carbocycles. The molecule has 1 heterocycles. The second-order valence-corrected chi connectivity index (χ2v) is 5.57. The maximum atomic E-state index is 11.6. The van der Waals surface area contributed by atoms with Gasteiger partial charge in [-0.25, -0.2) is 4.98 Å². The summed E-state index contributed by atoms with van der Waals surface area (Å²) in [5.41, 5.74) is 0. The molecule has 0 aliphatic rings. The Hall–Kier alpha value is -1.81. The summed E-state index contributed by atoms with van der Waals surface area (Å²) in [7, 11) is 0. The number of hydrogen-bond donors (Lipinski definition) is 2. The molecule has 0 radical (unpaired) electrons. The van der Waals surface area contributed by atoms with Crippen LogP contribution < -0.4 is 10.6 Å². The highest BCUT2D eigenvalue weighted by Gasteiger charge is 2.10. The number of hydrogen-bond acceptors (Lipinski definition) is 7. The lowest BCUT2D eigenvalue weighted by molar-refractivity contribution is -0.404. The van der Waals surface area contributed by atoms with Gasteiger partial charge in [0.25, 0.3) is 6.20 Å². The summed E-state index contributed by atoms with van der Waals surface area (Å²) in [6, 6.07) is 0. The van der Waals surface area contributed by atoms with Gasteiger partial charge in [0, 0.05) is 11.1 Å². The van der Waals surface area contributed by atoms with E-state index in [9.17, 15) is 19.7 Å². The Morgan fingerprint density at radius 2 is 2.37 bits per heavy atom. The standard InChI is InChI=1S/C9H9BrN4O4S/c10-9-12-4-6(19-9)3-8(16)13-7(5-14(17)18)11-1-2-15/h2,4-5,11H,1,3H2,(H,13,16)/b7-5+. The van der Waals surface area contributed by atoms with Gasteiger partial charge in [-0.2, -0.15) is 0 Å². The number of amides is 1. The Morgan fingerprint density at radius 1 is 1.63 bits per heavy atom. The second kappa shape index (κ2) is 7.59. The quantitative estimate of drug-likeness (QED) is 0.419. The van der Waals surface area contributed by atoms with E-state index in [2.05, 4.69) is 31.5 Å². The van der Waals surface area contributed by atoms with Crippen LogP contribution in [0.5, 0.6) is 0 Å². The van der Waals surface area contributed by atoms with Crippen molar-refractivity contribution in [1.82, 2.24) is 15.6 Å². The van der Waals surface area contributed by atoms with Crippen LogP contribution >= 0.6 is 27.3 Å². The van der Waals surface area contributed by atoms with Gasteiger partial charge >= 0.3 is 0 Å². The van der Waals surface area contributed by atoms with Crippen LogP contribution in [0.2, 0.25) is 0 Å². The predicted octanol–water partition coefficient (Wildman–Crippen LogP) is 0.428. The molecule has 0 atom stereocenters. The van der Waals surface area contributed by atoms with Crippen LogP contribution in [0.4, 0.5) is 0 Å². The molecule has 1 aromatic rings. The lowest BCUT2D eigenvalue weighted by atomic mass is 10.3. The van der Waals surface area contributed by atoms with Crippen molar-refractivity contribution in [2.45, 2.75) is 6.42 Å². The second-order valence-electron chi connectivity index (χ2n) is 3.18. The summed E-state index contributed by atoms with van der Waals surface area (Å²) in [5, 5.41) is 15.1. The highest BCUT2D eigenvalue weighted by molar-refractivity contribution is 9.11. The summed E-state index contributed by atoms with van der Waals surface area (Å²) in [4.78, 5) is 36.1. The SMILES string of the molecule is O=CCN/C(=C\[N+](=O)[O-])NC(=O)Cc1cnc(Br)s1. The monoisotopic (exact) mass is 348 g/mol. The van der Waals surface area contributed by atoms with E-state index in [4.69, 9.17) is 0 Å². The molecule has 2 N–H and O–H groups in total. The maximum absolute atomic E-state index is 11.6. The van der Waals surface area contributed by atoms with Crippen molar-refractivity contribution in [2.24, 2.45) is 0 Å². The minimum absolute atomic E-state index is 0.0427. The van der Waals surface area contributed by atoms with E-state index in [0.29, 0.717) is 21.3 Å². The Balaban J connectivity index is 2.60. The molecule has 0 bridgehead atoms. The van der Waals surface area contributed by atoms with Gasteiger partial charge in [-0.15, -0.1) is 11.3 Å². The fourth-order valence-electron chi connectivity index (χ4n) is 1.10. The summed E-state index contributed by atoms with van der Waals surface area (Å²) in [6.07, 6.45) is 2.69. The fraction of sp³-hybridized carbons (Fsp3) is 0.222. The van der Waals surface area contributed by atoms with Crippen molar-refractivity contribution in [1.29, 1.82) is 0 Å². The molecule has 0 spiro atoms. The predicted molar refractivity (Wildman–Crippen MR) is 70.8 cm³/mol. The van der Waals surface area contributed by atoms with Crippen molar-refractivity contribution < 1.29 is 14.5 Å². The van der Waals surface area contributed by atoms with Crippen LogP contribution in [0.3, 0.4) is 0 Å². The third kappa shape index (κ3) is 6.06. The Bertz CT molecular complexity index is 516. The molecular weight excluding hydrogens is 340 g/mol. The molecular formula is C9H9BrN4O4S. The largest absolute Gasteiger partial charge is 0.360 e. The number of carbonyl (C=O) groups is 2. The number of thiazole rings is 1. The first-order valence-corrected chi connectivity index (χ1v) is 6.55. The van der Waals surface area contributed by atoms with Crippen LogP contribution in [0.15, 0.2) is 22.1 Å². The van der Waals surface area contributed by atoms with Gasteiger partial charge in [0.2, 0.25) is 5.91 Å². The number of aldehydes is 1. The molecule has 0 aliphatic heterocycles. The molecule has 1 amide bonds. The van der Waals surface area contributed by atoms with E-state index >= 15 is 0 Å². The average molecular weight is 349 g/mol. The van der Waals surface area contributed by atoms with Crippen molar-refractivity contribution >= 4 is 39.5 Å². The van der Waals surface area contributed by atoms with E-state index in [1.165, 1.54) is 17.5 Å². The van der Waals surface area contributed by atoms with E-state index in [-0.39, 0.29) is 18.8 Å². The van der Waals surface area contributed by atoms with Crippen molar-refractivity contribution in [3.63, 3.8) is 0 Å². The van der Waals surface area contributed by atoms with Gasteiger partial charge < -0.3 is 15.4 Å². The van der Waals surface area contributed by atoms with Gasteiger partial charge in [0.15, 0.2) is 9.74 Å². The van der Waals surface area contributed by atoms with Crippen LogP contribution in [0.1, 0.15) is 4.88 Å². The van der Waals surface area contributed by atoms with E-state index in [0.717, 1.165) is 0 Å². The van der Waals surface area contributed by atoms with E-state index < -0.39 is 10.8 Å². The molecule has 1 rings (SSSR count). The number of carbonyl (C=O) groups excluding carboxylic acids is 2. The maximum Gasteiger partial charge on any atom is 0.274 e. The lowest BCUT2D eigenvalue weighted by Crippen LogP contribution is -2.33. The zero-order valence-corrected chi connectivity index (χ0v) is 11.9. The number of rotatable bonds is 7. The average Bonchev–Trinajstić information content (AvgIpc) is 2.70. The van der Waals surface area contributed by atoms with Crippen LogP contribution in [0, 0.1) is 10.1 Å². The summed E-state index contributed by atoms with van der Waals surface area (Å²) in [5.74, 6) is -0.576. The molecule has 0 saturated heterocycles. The minimum atomic E-state index is -0.725.